The quantitative estimate of drug-likeness (QED) is 0.674. The van der Waals surface area contributed by atoms with Crippen LogP contribution in [0.25, 0.3) is 0 Å². The van der Waals surface area contributed by atoms with Crippen molar-refractivity contribution < 1.29 is 9.47 Å². The molecule has 1 aromatic carbocycles. The van der Waals surface area contributed by atoms with Crippen molar-refractivity contribution in [3.8, 4) is 0 Å². The van der Waals surface area contributed by atoms with Gasteiger partial charge in [0.15, 0.2) is 5.79 Å². The molecule has 3 rings (SSSR count). The smallest absolute Gasteiger partial charge is 0.168 e. The minimum atomic E-state index is -0.312. The van der Waals surface area contributed by atoms with E-state index < -0.39 is 0 Å². The molecule has 0 unspecified atom stereocenters. The van der Waals surface area contributed by atoms with Crippen molar-refractivity contribution in [3.63, 3.8) is 0 Å². The third-order valence-electron chi connectivity index (χ3n) is 3.92. The molecule has 0 aromatic heterocycles. The fourth-order valence-electron chi connectivity index (χ4n) is 2.84. The van der Waals surface area contributed by atoms with Crippen molar-refractivity contribution in [2.45, 2.75) is 37.5 Å². The first-order valence-electron chi connectivity index (χ1n) is 6.94. The van der Waals surface area contributed by atoms with Gasteiger partial charge in [-0.1, -0.05) is 30.3 Å². The molecule has 1 saturated carbocycles. The summed E-state index contributed by atoms with van der Waals surface area (Å²) in [6, 6.07) is 10.2. The van der Waals surface area contributed by atoms with E-state index in [1.165, 1.54) is 0 Å². The lowest BCUT2D eigenvalue weighted by molar-refractivity contribution is -0.178. The molecule has 2 N–H and O–H groups in total. The van der Waals surface area contributed by atoms with Crippen molar-refractivity contribution in [2.75, 3.05) is 13.2 Å². The monoisotopic (exact) mass is 296 g/mol. The number of aliphatic imine (C=N–C) groups is 1. The van der Waals surface area contributed by atoms with Gasteiger partial charge in [0.2, 0.25) is 0 Å². The van der Waals surface area contributed by atoms with Crippen molar-refractivity contribution in [3.05, 3.63) is 35.9 Å². The Morgan fingerprint density at radius 3 is 2.30 bits per heavy atom. The van der Waals surface area contributed by atoms with Crippen LogP contribution in [0, 0.1) is 0 Å². The molecule has 2 aliphatic rings. The molecule has 4 nitrogen and oxygen atoms in total. The first-order valence-corrected chi connectivity index (χ1v) is 6.94. The Kier molecular flexibility index (Phi) is 5.02. The van der Waals surface area contributed by atoms with E-state index in [9.17, 15) is 0 Å². The number of halogens is 1. The molecule has 20 heavy (non-hydrogen) atoms. The molecule has 0 bridgehead atoms. The van der Waals surface area contributed by atoms with Crippen molar-refractivity contribution in [1.29, 1.82) is 0 Å². The highest BCUT2D eigenvalue weighted by Gasteiger charge is 2.40. The zero-order valence-electron chi connectivity index (χ0n) is 11.5. The standard InChI is InChI=1S/C15H20N2O2.ClH/c16-14(12-4-2-1-3-5-12)17-13-6-8-15(9-7-13)18-10-11-19-15;/h1-5,13H,6-11H2,(H2,16,17);1H. The van der Waals surface area contributed by atoms with Crippen molar-refractivity contribution in [1.82, 2.24) is 0 Å². The lowest BCUT2D eigenvalue weighted by atomic mass is 9.90. The first kappa shape index (κ1) is 15.3. The normalized spacial score (nSPS) is 22.7. The van der Waals surface area contributed by atoms with Crippen LogP contribution in [-0.4, -0.2) is 30.9 Å². The van der Waals surface area contributed by atoms with Gasteiger partial charge in [-0.3, -0.25) is 4.99 Å². The third-order valence-corrected chi connectivity index (χ3v) is 3.92. The Balaban J connectivity index is 0.00000147. The van der Waals surface area contributed by atoms with Gasteiger partial charge < -0.3 is 15.2 Å². The van der Waals surface area contributed by atoms with Crippen LogP contribution in [0.1, 0.15) is 31.2 Å². The van der Waals surface area contributed by atoms with Crippen LogP contribution >= 0.6 is 12.4 Å². The lowest BCUT2D eigenvalue weighted by Crippen LogP contribution is -2.36. The number of hydrogen-bond donors (Lipinski definition) is 1. The van der Waals surface area contributed by atoms with Gasteiger partial charge in [-0.2, -0.15) is 0 Å². The molecule has 5 heteroatoms. The highest BCUT2D eigenvalue weighted by atomic mass is 35.5. The Morgan fingerprint density at radius 1 is 1.10 bits per heavy atom. The van der Waals surface area contributed by atoms with Crippen LogP contribution in [0.2, 0.25) is 0 Å². The maximum atomic E-state index is 6.06. The summed E-state index contributed by atoms with van der Waals surface area (Å²) in [4.78, 5) is 4.64. The Bertz CT molecular complexity index is 448. The SMILES string of the molecule is Cl.NC(=NC1CCC2(CC1)OCCO2)c1ccccc1. The van der Waals surface area contributed by atoms with Gasteiger partial charge in [0.1, 0.15) is 5.84 Å². The molecule has 1 aliphatic carbocycles. The summed E-state index contributed by atoms with van der Waals surface area (Å²) in [5.41, 5.74) is 7.05. The molecule has 1 spiro atoms. The minimum Gasteiger partial charge on any atom is -0.383 e. The van der Waals surface area contributed by atoms with E-state index in [-0.39, 0.29) is 18.2 Å². The van der Waals surface area contributed by atoms with Crippen LogP contribution in [0.3, 0.4) is 0 Å². The second-order valence-electron chi connectivity index (χ2n) is 5.22. The molecular weight excluding hydrogens is 276 g/mol. The van der Waals surface area contributed by atoms with Crippen LogP contribution in [-0.2, 0) is 9.47 Å². The van der Waals surface area contributed by atoms with Crippen LogP contribution < -0.4 is 5.73 Å². The summed E-state index contributed by atoms with van der Waals surface area (Å²) in [5.74, 6) is 0.322. The molecular formula is C15H21ClN2O2. The Labute approximate surface area is 125 Å². The van der Waals surface area contributed by atoms with Crippen molar-refractivity contribution in [2.24, 2.45) is 10.7 Å². The van der Waals surface area contributed by atoms with Crippen molar-refractivity contribution >= 4 is 18.2 Å². The predicted molar refractivity (Wildman–Crippen MR) is 81.3 cm³/mol. The van der Waals surface area contributed by atoms with Gasteiger partial charge in [-0.25, -0.2) is 0 Å². The molecule has 0 amide bonds. The number of ether oxygens (including phenoxy) is 2. The maximum absolute atomic E-state index is 6.06. The summed E-state index contributed by atoms with van der Waals surface area (Å²) in [5, 5.41) is 0. The summed E-state index contributed by atoms with van der Waals surface area (Å²) < 4.78 is 11.4. The molecule has 1 aliphatic heterocycles. The highest BCUT2D eigenvalue weighted by molar-refractivity contribution is 5.97. The van der Waals surface area contributed by atoms with E-state index in [0.29, 0.717) is 11.9 Å². The van der Waals surface area contributed by atoms with E-state index in [2.05, 4.69) is 4.99 Å². The minimum absolute atomic E-state index is 0. The molecule has 1 saturated heterocycles. The van der Waals surface area contributed by atoms with Gasteiger partial charge in [0.05, 0.1) is 19.3 Å². The van der Waals surface area contributed by atoms with Gasteiger partial charge in [0.25, 0.3) is 0 Å². The van der Waals surface area contributed by atoms with Gasteiger partial charge in [-0.05, 0) is 12.8 Å². The number of nitrogens with zero attached hydrogens (tertiary/aromatic N) is 1. The molecule has 0 atom stereocenters. The zero-order chi connectivity index (χ0) is 13.1. The average Bonchev–Trinajstić information content (AvgIpc) is 2.91. The van der Waals surface area contributed by atoms with Gasteiger partial charge in [-0.15, -0.1) is 12.4 Å². The van der Waals surface area contributed by atoms with E-state index in [1.807, 2.05) is 30.3 Å². The second kappa shape index (κ2) is 6.57. The molecule has 110 valence electrons. The maximum Gasteiger partial charge on any atom is 0.168 e. The van der Waals surface area contributed by atoms with E-state index >= 15 is 0 Å². The number of benzene rings is 1. The lowest BCUT2D eigenvalue weighted by Gasteiger charge is -2.34. The van der Waals surface area contributed by atoms with E-state index in [0.717, 1.165) is 44.5 Å². The number of hydrogen-bond acceptors (Lipinski definition) is 3. The Hall–Kier alpha value is -1.10. The van der Waals surface area contributed by atoms with E-state index in [1.54, 1.807) is 0 Å². The molecule has 1 heterocycles. The topological polar surface area (TPSA) is 56.8 Å². The van der Waals surface area contributed by atoms with Crippen LogP contribution in [0.15, 0.2) is 35.3 Å². The van der Waals surface area contributed by atoms with Gasteiger partial charge in [0, 0.05) is 18.4 Å². The number of nitrogens with two attached hydrogens (primary N) is 1. The highest BCUT2D eigenvalue weighted by Crippen LogP contribution is 2.36. The fraction of sp³-hybridized carbons (Fsp3) is 0.533. The molecule has 2 fully saturated rings. The third kappa shape index (κ3) is 3.32. The largest absolute Gasteiger partial charge is 0.383 e. The van der Waals surface area contributed by atoms with E-state index in [4.69, 9.17) is 15.2 Å². The average molecular weight is 297 g/mol. The Morgan fingerprint density at radius 2 is 1.70 bits per heavy atom. The molecule has 1 aromatic rings. The number of amidine groups is 1. The summed E-state index contributed by atoms with van der Waals surface area (Å²) in [7, 11) is 0. The van der Waals surface area contributed by atoms with Crippen LogP contribution in [0.5, 0.6) is 0 Å². The zero-order valence-corrected chi connectivity index (χ0v) is 12.3. The van der Waals surface area contributed by atoms with Crippen LogP contribution in [0.4, 0.5) is 0 Å². The first-order chi connectivity index (χ1) is 9.27. The fourth-order valence-corrected chi connectivity index (χ4v) is 2.84. The number of rotatable bonds is 2. The predicted octanol–water partition coefficient (Wildman–Crippen LogP) is 2.50. The summed E-state index contributed by atoms with van der Waals surface area (Å²) in [6.45, 7) is 1.44. The molecule has 0 radical (unpaired) electrons. The summed E-state index contributed by atoms with van der Waals surface area (Å²) >= 11 is 0. The van der Waals surface area contributed by atoms with Gasteiger partial charge >= 0.3 is 0 Å². The second-order valence-corrected chi connectivity index (χ2v) is 5.22. The summed E-state index contributed by atoms with van der Waals surface area (Å²) in [6.07, 6.45) is 3.80.